The fourth-order valence-electron chi connectivity index (χ4n) is 1.75. The van der Waals surface area contributed by atoms with Crippen molar-refractivity contribution in [2.24, 2.45) is 5.41 Å². The van der Waals surface area contributed by atoms with Crippen LogP contribution in [0, 0.1) is 5.41 Å². The lowest BCUT2D eigenvalue weighted by Crippen LogP contribution is -2.31. The minimum atomic E-state index is -0.711. The molecule has 1 N–H and O–H groups in total. The fourth-order valence-corrected chi connectivity index (χ4v) is 2.47. The normalized spacial score (nSPS) is 25.2. The summed E-state index contributed by atoms with van der Waals surface area (Å²) in [6.07, 6.45) is 2.50. The van der Waals surface area contributed by atoms with E-state index in [0.717, 1.165) is 0 Å². The van der Waals surface area contributed by atoms with Crippen molar-refractivity contribution >= 4 is 29.1 Å². The molecular weight excluding hydrogens is 273 g/mol. The second-order valence-corrected chi connectivity index (χ2v) is 6.88. The predicted molar refractivity (Wildman–Crippen MR) is 72.1 cm³/mol. The molecule has 0 aliphatic heterocycles. The SMILES string of the molecule is CC(C)n1ccc(C(=O)NCC2(C)CC2(Cl)Cl)n1. The lowest BCUT2D eigenvalue weighted by atomic mass is 10.1. The van der Waals surface area contributed by atoms with E-state index in [2.05, 4.69) is 10.4 Å². The van der Waals surface area contributed by atoms with Gasteiger partial charge in [-0.05, 0) is 26.3 Å². The van der Waals surface area contributed by atoms with Crippen LogP contribution in [0.3, 0.4) is 0 Å². The smallest absolute Gasteiger partial charge is 0.271 e. The molecule has 1 amide bonds. The number of aromatic nitrogens is 2. The molecule has 1 aliphatic rings. The highest BCUT2D eigenvalue weighted by Crippen LogP contribution is 2.63. The first-order valence-corrected chi connectivity index (χ1v) is 6.72. The maximum atomic E-state index is 11.9. The topological polar surface area (TPSA) is 46.9 Å². The predicted octanol–water partition coefficient (Wildman–Crippen LogP) is 2.78. The van der Waals surface area contributed by atoms with Crippen LogP contribution in [0.15, 0.2) is 12.3 Å². The third-order valence-corrected chi connectivity index (χ3v) is 4.56. The molecular formula is C12H17Cl2N3O. The van der Waals surface area contributed by atoms with E-state index in [0.29, 0.717) is 18.7 Å². The molecule has 0 radical (unpaired) electrons. The van der Waals surface area contributed by atoms with Gasteiger partial charge in [-0.3, -0.25) is 9.48 Å². The number of hydrogen-bond acceptors (Lipinski definition) is 2. The van der Waals surface area contributed by atoms with E-state index in [1.165, 1.54) is 0 Å². The minimum Gasteiger partial charge on any atom is -0.350 e. The molecule has 6 heteroatoms. The Morgan fingerprint density at radius 3 is 2.67 bits per heavy atom. The zero-order chi connectivity index (χ0) is 13.6. The summed E-state index contributed by atoms with van der Waals surface area (Å²) in [6, 6.07) is 1.95. The first kappa shape index (κ1) is 13.7. The van der Waals surface area contributed by atoms with E-state index in [-0.39, 0.29) is 17.4 Å². The van der Waals surface area contributed by atoms with E-state index in [1.54, 1.807) is 16.9 Å². The quantitative estimate of drug-likeness (QED) is 0.867. The van der Waals surface area contributed by atoms with Crippen LogP contribution in [-0.4, -0.2) is 26.6 Å². The average Bonchev–Trinajstić information content (AvgIpc) is 2.71. The van der Waals surface area contributed by atoms with Gasteiger partial charge in [0, 0.05) is 24.2 Å². The summed E-state index contributed by atoms with van der Waals surface area (Å²) in [5.74, 6) is -0.188. The summed E-state index contributed by atoms with van der Waals surface area (Å²) < 4.78 is 1.04. The van der Waals surface area contributed by atoms with E-state index in [1.807, 2.05) is 20.8 Å². The van der Waals surface area contributed by atoms with Gasteiger partial charge >= 0.3 is 0 Å². The van der Waals surface area contributed by atoms with Crippen molar-refractivity contribution in [2.75, 3.05) is 6.54 Å². The van der Waals surface area contributed by atoms with Gasteiger partial charge in [-0.25, -0.2) is 0 Å². The largest absolute Gasteiger partial charge is 0.350 e. The number of rotatable bonds is 4. The van der Waals surface area contributed by atoms with Crippen molar-refractivity contribution in [3.63, 3.8) is 0 Å². The Morgan fingerprint density at radius 1 is 1.61 bits per heavy atom. The Kier molecular flexibility index (Phi) is 3.36. The van der Waals surface area contributed by atoms with Crippen LogP contribution in [0.5, 0.6) is 0 Å². The van der Waals surface area contributed by atoms with Crippen LogP contribution >= 0.6 is 23.2 Å². The molecule has 2 rings (SSSR count). The molecule has 0 saturated heterocycles. The third kappa shape index (κ3) is 2.50. The Hall–Kier alpha value is -0.740. The number of nitrogens with one attached hydrogen (secondary N) is 1. The molecule has 1 atom stereocenters. The molecule has 1 saturated carbocycles. The number of carbonyl (C=O) groups excluding carboxylic acids is 1. The van der Waals surface area contributed by atoms with Gasteiger partial charge in [0.05, 0.1) is 0 Å². The molecule has 1 aromatic rings. The third-order valence-electron chi connectivity index (χ3n) is 3.38. The monoisotopic (exact) mass is 289 g/mol. The highest BCUT2D eigenvalue weighted by Gasteiger charge is 2.62. The maximum absolute atomic E-state index is 11.9. The van der Waals surface area contributed by atoms with Crippen LogP contribution < -0.4 is 5.32 Å². The van der Waals surface area contributed by atoms with Gasteiger partial charge in [0.15, 0.2) is 0 Å². The number of nitrogens with zero attached hydrogens (tertiary/aromatic N) is 2. The van der Waals surface area contributed by atoms with Crippen LogP contribution in [-0.2, 0) is 0 Å². The summed E-state index contributed by atoms with van der Waals surface area (Å²) >= 11 is 12.0. The number of carbonyl (C=O) groups is 1. The van der Waals surface area contributed by atoms with Gasteiger partial charge in [0.1, 0.15) is 10.0 Å². The summed E-state index contributed by atoms with van der Waals surface area (Å²) in [7, 11) is 0. The molecule has 0 bridgehead atoms. The summed E-state index contributed by atoms with van der Waals surface area (Å²) in [5, 5.41) is 7.03. The second-order valence-electron chi connectivity index (χ2n) is 5.40. The van der Waals surface area contributed by atoms with Gasteiger partial charge in [-0.1, -0.05) is 6.92 Å². The van der Waals surface area contributed by atoms with Gasteiger partial charge in [-0.15, -0.1) is 23.2 Å². The first-order chi connectivity index (χ1) is 8.25. The molecule has 100 valence electrons. The zero-order valence-corrected chi connectivity index (χ0v) is 12.2. The lowest BCUT2D eigenvalue weighted by molar-refractivity contribution is 0.0940. The van der Waals surface area contributed by atoms with Gasteiger partial charge in [-0.2, -0.15) is 5.10 Å². The van der Waals surface area contributed by atoms with Crippen molar-refractivity contribution in [3.05, 3.63) is 18.0 Å². The number of alkyl halides is 2. The van der Waals surface area contributed by atoms with Crippen LogP contribution in [0.25, 0.3) is 0 Å². The number of halogens is 2. The molecule has 0 spiro atoms. The molecule has 18 heavy (non-hydrogen) atoms. The van der Waals surface area contributed by atoms with E-state index in [4.69, 9.17) is 23.2 Å². The second kappa shape index (κ2) is 4.42. The summed E-state index contributed by atoms with van der Waals surface area (Å²) in [6.45, 7) is 6.44. The minimum absolute atomic E-state index is 0.188. The Labute approximate surface area is 117 Å². The summed E-state index contributed by atoms with van der Waals surface area (Å²) in [4.78, 5) is 11.9. The lowest BCUT2D eigenvalue weighted by Gasteiger charge is -2.12. The Bertz CT molecular complexity index is 470. The molecule has 0 aromatic carbocycles. The molecule has 1 fully saturated rings. The summed E-state index contributed by atoms with van der Waals surface area (Å²) in [5.41, 5.74) is 0.189. The molecule has 1 aromatic heterocycles. The van der Waals surface area contributed by atoms with Crippen LogP contribution in [0.2, 0.25) is 0 Å². The van der Waals surface area contributed by atoms with Crippen LogP contribution in [0.4, 0.5) is 0 Å². The average molecular weight is 290 g/mol. The fraction of sp³-hybridized carbons (Fsp3) is 0.667. The zero-order valence-electron chi connectivity index (χ0n) is 10.7. The highest BCUT2D eigenvalue weighted by molar-refractivity contribution is 6.51. The van der Waals surface area contributed by atoms with Crippen molar-refractivity contribution in [3.8, 4) is 0 Å². The molecule has 1 unspecified atom stereocenters. The van der Waals surface area contributed by atoms with E-state index < -0.39 is 4.33 Å². The molecule has 1 heterocycles. The van der Waals surface area contributed by atoms with Gasteiger partial charge in [0.25, 0.3) is 5.91 Å². The Balaban J connectivity index is 1.92. The van der Waals surface area contributed by atoms with Crippen LogP contribution in [0.1, 0.15) is 43.7 Å². The van der Waals surface area contributed by atoms with E-state index >= 15 is 0 Å². The highest BCUT2D eigenvalue weighted by atomic mass is 35.5. The number of amides is 1. The first-order valence-electron chi connectivity index (χ1n) is 5.96. The van der Waals surface area contributed by atoms with Crippen molar-refractivity contribution in [1.82, 2.24) is 15.1 Å². The van der Waals surface area contributed by atoms with Gasteiger partial charge in [0.2, 0.25) is 0 Å². The van der Waals surface area contributed by atoms with Crippen molar-refractivity contribution in [2.45, 2.75) is 37.6 Å². The van der Waals surface area contributed by atoms with Gasteiger partial charge < -0.3 is 5.32 Å². The number of hydrogen-bond donors (Lipinski definition) is 1. The van der Waals surface area contributed by atoms with Crippen molar-refractivity contribution < 1.29 is 4.79 Å². The molecule has 4 nitrogen and oxygen atoms in total. The molecule has 1 aliphatic carbocycles. The Morgan fingerprint density at radius 2 is 2.22 bits per heavy atom. The standard InChI is InChI=1S/C12H17Cl2N3O/c1-8(2)17-5-4-9(16-17)10(18)15-7-11(3)6-12(11,13)14/h4-5,8H,6-7H2,1-3H3,(H,15,18). The van der Waals surface area contributed by atoms with E-state index in [9.17, 15) is 4.79 Å². The maximum Gasteiger partial charge on any atom is 0.271 e. The van der Waals surface area contributed by atoms with Crippen molar-refractivity contribution in [1.29, 1.82) is 0 Å².